The molecule has 1 atom stereocenters. The van der Waals surface area contributed by atoms with Crippen LogP contribution in [-0.4, -0.2) is 52.8 Å². The Morgan fingerprint density at radius 3 is 2.51 bits per heavy atom. The summed E-state index contributed by atoms with van der Waals surface area (Å²) >= 11 is 0. The third-order valence-corrected chi connectivity index (χ3v) is 6.72. The minimum Gasteiger partial charge on any atom is -0.542 e. The number of amides is 1. The average molecular weight is 602 g/mol. The molecule has 230 valence electrons. The highest BCUT2D eigenvalue weighted by molar-refractivity contribution is 5.93. The lowest BCUT2D eigenvalue weighted by Crippen LogP contribution is -2.87. The topological polar surface area (TPSA) is 153 Å². The Kier molecular flexibility index (Phi) is 12.0. The number of hydrogen-bond acceptors (Lipinski definition) is 7. The van der Waals surface area contributed by atoms with E-state index in [1.807, 2.05) is 43.6 Å². The Hall–Kier alpha value is -4.52. The van der Waals surface area contributed by atoms with Gasteiger partial charge in [-0.1, -0.05) is 38.0 Å². The minimum absolute atomic E-state index is 0.0675. The van der Waals surface area contributed by atoms with Crippen LogP contribution in [-0.2, 0) is 20.8 Å². The molecule has 4 N–H and O–H groups in total. The highest BCUT2D eigenvalue weighted by atomic mass is 19.4. The van der Waals surface area contributed by atoms with Crippen LogP contribution < -0.4 is 20.5 Å². The van der Waals surface area contributed by atoms with Crippen LogP contribution in [0.2, 0.25) is 0 Å². The van der Waals surface area contributed by atoms with Crippen molar-refractivity contribution in [3.05, 3.63) is 66.1 Å². The van der Waals surface area contributed by atoms with Crippen molar-refractivity contribution in [3.8, 4) is 5.88 Å². The monoisotopic (exact) mass is 601 g/mol. The van der Waals surface area contributed by atoms with Gasteiger partial charge in [-0.2, -0.15) is 13.2 Å². The molecule has 0 radical (unpaired) electrons. The molecule has 3 heterocycles. The maximum Gasteiger partial charge on any atom is 0.430 e. The first-order valence-corrected chi connectivity index (χ1v) is 13.8. The zero-order valence-corrected chi connectivity index (χ0v) is 23.9. The summed E-state index contributed by atoms with van der Waals surface area (Å²) in [4.78, 5) is 45.6. The van der Waals surface area contributed by atoms with Gasteiger partial charge >= 0.3 is 6.18 Å². The largest absolute Gasteiger partial charge is 0.542 e. The van der Waals surface area contributed by atoms with E-state index in [0.29, 0.717) is 24.5 Å². The van der Waals surface area contributed by atoms with E-state index in [4.69, 9.17) is 14.6 Å². The second-order valence-electron chi connectivity index (χ2n) is 9.81. The first-order valence-electron chi connectivity index (χ1n) is 13.8. The number of unbranched alkanes of at least 4 members (excludes halogenated alkanes) is 2. The van der Waals surface area contributed by atoms with Gasteiger partial charge in [0.2, 0.25) is 17.6 Å². The first kappa shape index (κ1) is 33.0. The fourth-order valence-electron chi connectivity index (χ4n) is 4.41. The molecule has 2 aromatic heterocycles. The van der Waals surface area contributed by atoms with Crippen molar-refractivity contribution in [2.45, 2.75) is 64.1 Å². The SMILES string of the molecule is CCC(=O)CCCCC[C@H](NC(=O)Cc1c[nH]c2cnc(OC)cc12)C1=NC=C(c2ccccc2)[NH2+]1.O=C([O-])C(F)(F)F. The molecule has 13 heteroatoms. The molecule has 1 aromatic carbocycles. The van der Waals surface area contributed by atoms with Crippen LogP contribution in [0.15, 0.2) is 60.0 Å². The Labute approximate surface area is 246 Å². The number of Topliss-reactive ketones (excluding diaryl/α,β-unsaturated/α-hetero) is 1. The number of ether oxygens (including phenoxy) is 1. The van der Waals surface area contributed by atoms with E-state index in [1.165, 1.54) is 0 Å². The molecule has 4 rings (SSSR count). The molecule has 0 spiro atoms. The van der Waals surface area contributed by atoms with E-state index in [9.17, 15) is 22.8 Å². The summed E-state index contributed by atoms with van der Waals surface area (Å²) in [7, 11) is 1.58. The van der Waals surface area contributed by atoms with Crippen LogP contribution in [0.4, 0.5) is 13.2 Å². The highest BCUT2D eigenvalue weighted by Crippen LogP contribution is 2.22. The molecule has 1 aliphatic rings. The number of aliphatic imine (C=N–C) groups is 1. The Morgan fingerprint density at radius 2 is 1.86 bits per heavy atom. The number of nitrogens with one attached hydrogen (secondary N) is 2. The molecular formula is C30H34F3N5O5. The molecular weight excluding hydrogens is 567 g/mol. The Bertz CT molecular complexity index is 1470. The number of aromatic nitrogens is 2. The number of nitrogens with zero attached hydrogens (tertiary/aromatic N) is 2. The molecule has 1 aliphatic heterocycles. The summed E-state index contributed by atoms with van der Waals surface area (Å²) < 4.78 is 36.8. The molecule has 10 nitrogen and oxygen atoms in total. The third kappa shape index (κ3) is 10.1. The van der Waals surface area contributed by atoms with E-state index in [1.54, 1.807) is 13.3 Å². The van der Waals surface area contributed by atoms with E-state index < -0.39 is 12.1 Å². The van der Waals surface area contributed by atoms with Crippen LogP contribution >= 0.6 is 0 Å². The van der Waals surface area contributed by atoms with Gasteiger partial charge < -0.3 is 24.9 Å². The second-order valence-corrected chi connectivity index (χ2v) is 9.81. The number of benzene rings is 1. The number of methoxy groups -OCH3 is 1. The average Bonchev–Trinajstić information content (AvgIpc) is 3.64. The standard InChI is InChI=1S/C28H33N5O3.C2HF3O2/c1-3-21(34)12-8-5-9-13-23(28-31-17-24(33-28)19-10-6-4-7-11-19)32-26(35)14-20-16-29-25-18-30-27(36-2)15-22(20)25;3-2(4,5)1(6)7/h4,6-7,10-11,15-18,23,29H,3,5,8-9,12-14H2,1-2H3,(H,31,33)(H,32,35);(H,6,7)/t23-;/m0./s1. The number of amidine groups is 1. The smallest absolute Gasteiger partial charge is 0.430 e. The van der Waals surface area contributed by atoms with Gasteiger partial charge in [0.25, 0.3) is 0 Å². The van der Waals surface area contributed by atoms with Crippen LogP contribution in [0.1, 0.15) is 56.6 Å². The van der Waals surface area contributed by atoms with Crippen LogP contribution in [0, 0.1) is 0 Å². The normalized spacial score (nSPS) is 13.4. The number of halogens is 3. The number of carbonyl (C=O) groups excluding carboxylic acids is 3. The number of fused-ring (bicyclic) bond motifs is 1. The number of hydrogen-bond donors (Lipinski definition) is 3. The summed E-state index contributed by atoms with van der Waals surface area (Å²) in [6, 6.07) is 11.8. The van der Waals surface area contributed by atoms with E-state index in [0.717, 1.165) is 59.2 Å². The molecule has 43 heavy (non-hydrogen) atoms. The Balaban J connectivity index is 0.000000646. The maximum atomic E-state index is 13.1. The van der Waals surface area contributed by atoms with Gasteiger partial charge in [0.05, 0.1) is 31.4 Å². The van der Waals surface area contributed by atoms with Gasteiger partial charge in [-0.3, -0.25) is 14.9 Å². The van der Waals surface area contributed by atoms with Gasteiger partial charge in [0.1, 0.15) is 17.8 Å². The van der Waals surface area contributed by atoms with Crippen LogP contribution in [0.5, 0.6) is 5.88 Å². The molecule has 0 saturated carbocycles. The number of H-pyrrole nitrogens is 1. The zero-order chi connectivity index (χ0) is 31.4. The number of carboxylic acids is 1. The second kappa shape index (κ2) is 15.6. The number of aliphatic carboxylic acids is 1. The summed E-state index contributed by atoms with van der Waals surface area (Å²) in [5.74, 6) is -1.40. The summed E-state index contributed by atoms with van der Waals surface area (Å²) in [5, 5.41) is 15.0. The lowest BCUT2D eigenvalue weighted by molar-refractivity contribution is -0.434. The molecule has 3 aromatic rings. The Morgan fingerprint density at radius 1 is 1.14 bits per heavy atom. The number of quaternary nitrogens is 1. The number of aromatic amines is 1. The summed E-state index contributed by atoms with van der Waals surface area (Å²) in [5.41, 5.74) is 3.89. The van der Waals surface area contributed by atoms with Crippen molar-refractivity contribution < 1.29 is 42.7 Å². The number of nitrogens with two attached hydrogens (primary N) is 1. The number of pyridine rings is 1. The lowest BCUT2D eigenvalue weighted by atomic mass is 10.0. The van der Waals surface area contributed by atoms with Gasteiger partial charge in [0, 0.05) is 36.1 Å². The van der Waals surface area contributed by atoms with Crippen molar-refractivity contribution in [2.75, 3.05) is 7.11 Å². The molecule has 0 fully saturated rings. The van der Waals surface area contributed by atoms with Crippen molar-refractivity contribution >= 4 is 40.1 Å². The van der Waals surface area contributed by atoms with E-state index in [2.05, 4.69) is 37.7 Å². The minimum atomic E-state index is -5.19. The van der Waals surface area contributed by atoms with Gasteiger partial charge in [-0.05, 0) is 30.5 Å². The highest BCUT2D eigenvalue weighted by Gasteiger charge is 2.29. The first-order chi connectivity index (χ1) is 20.5. The van der Waals surface area contributed by atoms with Crippen LogP contribution in [0.3, 0.4) is 0 Å². The van der Waals surface area contributed by atoms with E-state index in [-0.39, 0.29) is 18.4 Å². The number of carbonyl (C=O) groups is 3. The van der Waals surface area contributed by atoms with Crippen molar-refractivity contribution in [2.24, 2.45) is 4.99 Å². The summed E-state index contributed by atoms with van der Waals surface area (Å²) in [6.45, 7) is 1.90. The van der Waals surface area contributed by atoms with E-state index >= 15 is 0 Å². The molecule has 0 unspecified atom stereocenters. The van der Waals surface area contributed by atoms with Crippen molar-refractivity contribution in [3.63, 3.8) is 0 Å². The molecule has 0 saturated heterocycles. The number of carboxylic acid groups (broad SMARTS) is 1. The maximum absolute atomic E-state index is 13.1. The molecule has 0 aliphatic carbocycles. The molecule has 1 amide bonds. The number of rotatable bonds is 13. The fraction of sp³-hybridized carbons (Fsp3) is 0.367. The third-order valence-electron chi connectivity index (χ3n) is 6.72. The van der Waals surface area contributed by atoms with Gasteiger partial charge in [0.15, 0.2) is 5.70 Å². The van der Waals surface area contributed by atoms with Gasteiger partial charge in [-0.15, -0.1) is 0 Å². The number of alkyl halides is 3. The lowest BCUT2D eigenvalue weighted by Gasteiger charge is -2.17. The number of ketones is 1. The zero-order valence-electron chi connectivity index (χ0n) is 23.9. The van der Waals surface area contributed by atoms with Crippen LogP contribution in [0.25, 0.3) is 16.6 Å². The van der Waals surface area contributed by atoms with Gasteiger partial charge in [-0.25, -0.2) is 9.98 Å². The fourth-order valence-corrected chi connectivity index (χ4v) is 4.41. The van der Waals surface area contributed by atoms with Crippen molar-refractivity contribution in [1.29, 1.82) is 0 Å². The molecule has 0 bridgehead atoms. The predicted molar refractivity (Wildman–Crippen MR) is 152 cm³/mol. The summed E-state index contributed by atoms with van der Waals surface area (Å²) in [6.07, 6.45) is 5.17. The van der Waals surface area contributed by atoms with Crippen molar-refractivity contribution in [1.82, 2.24) is 15.3 Å². The quantitative estimate of drug-likeness (QED) is 0.256. The predicted octanol–water partition coefficient (Wildman–Crippen LogP) is 2.80.